The standard InChI is InChI=1S/C36H43N5O7S/c1-21-10-9-11-22(2)32(21)48-35(43)31-27(37-6)19-41-34(31)38-33(39-41)23-12-14-28(46-7)24(16-23)17-25-18-26(36(3,4)5)13-15-29(25)47-20-30(42)40-49(8,44)45/h12-16,18-19,21-22,32H,9-11,17,20H2,1-5,7-8H3,(H,38,39)(H,40,42). The van der Waals surface area contributed by atoms with Gasteiger partial charge in [-0.15, -0.1) is 0 Å². The van der Waals surface area contributed by atoms with Gasteiger partial charge in [-0.05, 0) is 71.0 Å². The van der Waals surface area contributed by atoms with Gasteiger partial charge >= 0.3 is 5.97 Å². The maximum atomic E-state index is 13.5. The van der Waals surface area contributed by atoms with Crippen LogP contribution in [0.3, 0.4) is 0 Å². The largest absolute Gasteiger partial charge is 0.496 e. The quantitative estimate of drug-likeness (QED) is 0.148. The fraction of sp³-hybridized carbons (Fsp3) is 0.444. The summed E-state index contributed by atoms with van der Waals surface area (Å²) in [7, 11) is -2.15. The highest BCUT2D eigenvalue weighted by Gasteiger charge is 2.33. The van der Waals surface area contributed by atoms with E-state index in [1.54, 1.807) is 23.9 Å². The van der Waals surface area contributed by atoms with Gasteiger partial charge in [-0.2, -0.15) is 0 Å². The Kier molecular flexibility index (Phi) is 10.1. The molecule has 1 saturated carbocycles. The Bertz CT molecular complexity index is 2020. The Morgan fingerprint density at radius 3 is 2.39 bits per heavy atom. The van der Waals surface area contributed by atoms with Crippen molar-refractivity contribution in [1.29, 1.82) is 0 Å². The third-order valence-corrected chi connectivity index (χ3v) is 9.53. The lowest BCUT2D eigenvalue weighted by Crippen LogP contribution is -2.34. The Balaban J connectivity index is 1.48. The zero-order valence-electron chi connectivity index (χ0n) is 28.9. The van der Waals surface area contributed by atoms with Crippen LogP contribution in [0.2, 0.25) is 0 Å². The molecule has 5 rings (SSSR count). The van der Waals surface area contributed by atoms with Crippen LogP contribution in [0.25, 0.3) is 21.9 Å². The van der Waals surface area contributed by atoms with E-state index in [4.69, 9.17) is 25.8 Å². The van der Waals surface area contributed by atoms with E-state index in [1.165, 1.54) is 0 Å². The van der Waals surface area contributed by atoms with E-state index in [9.17, 15) is 18.0 Å². The van der Waals surface area contributed by atoms with Gasteiger partial charge in [0.1, 0.15) is 23.2 Å². The summed E-state index contributed by atoms with van der Waals surface area (Å²) in [5.74, 6) is 0.635. The molecule has 2 unspecified atom stereocenters. The molecule has 13 heteroatoms. The molecule has 0 radical (unpaired) electrons. The number of rotatable bonds is 10. The predicted molar refractivity (Wildman–Crippen MR) is 186 cm³/mol. The van der Waals surface area contributed by atoms with Crippen molar-refractivity contribution in [3.63, 3.8) is 0 Å². The van der Waals surface area contributed by atoms with Gasteiger partial charge in [0.2, 0.25) is 15.7 Å². The summed E-state index contributed by atoms with van der Waals surface area (Å²) < 4.78 is 44.1. The van der Waals surface area contributed by atoms with Gasteiger partial charge in [0.15, 0.2) is 18.1 Å². The van der Waals surface area contributed by atoms with E-state index in [2.05, 4.69) is 44.6 Å². The number of esters is 1. The second-order valence-corrected chi connectivity index (χ2v) is 15.6. The molecule has 0 aliphatic heterocycles. The summed E-state index contributed by atoms with van der Waals surface area (Å²) in [5, 5.41) is 3.20. The molecule has 0 spiro atoms. The number of ether oxygens (including phenoxy) is 3. The van der Waals surface area contributed by atoms with E-state index in [0.29, 0.717) is 35.0 Å². The molecule has 2 N–H and O–H groups in total. The van der Waals surface area contributed by atoms with Crippen molar-refractivity contribution in [1.82, 2.24) is 19.3 Å². The molecule has 1 amide bonds. The number of methoxy groups -OCH3 is 1. The van der Waals surface area contributed by atoms with Crippen molar-refractivity contribution >= 4 is 33.2 Å². The summed E-state index contributed by atoms with van der Waals surface area (Å²) in [6, 6.07) is 11.3. The number of hydrogen-bond acceptors (Lipinski definition) is 8. The van der Waals surface area contributed by atoms with Gasteiger partial charge in [-0.1, -0.05) is 53.2 Å². The van der Waals surface area contributed by atoms with Crippen LogP contribution in [0, 0.1) is 18.4 Å². The highest BCUT2D eigenvalue weighted by Crippen LogP contribution is 2.36. The lowest BCUT2D eigenvalue weighted by Gasteiger charge is -2.33. The molecule has 1 aliphatic carbocycles. The van der Waals surface area contributed by atoms with Crippen molar-refractivity contribution in [2.75, 3.05) is 20.0 Å². The number of hydrogen-bond donors (Lipinski definition) is 2. The molecule has 1 fully saturated rings. The zero-order valence-corrected chi connectivity index (χ0v) is 29.7. The van der Waals surface area contributed by atoms with Crippen LogP contribution in [-0.2, 0) is 31.4 Å². The SMILES string of the molecule is [C-]#[N+]c1cn2[nH]c(-c3ccc(OC)c(Cc4cc(C(C)(C)C)ccc4OCC(=O)NS(C)(=O)=O)c3)nc2c1C(=O)OC1C(C)CCCC1C. The van der Waals surface area contributed by atoms with E-state index in [0.717, 1.165) is 42.2 Å². The van der Waals surface area contributed by atoms with Gasteiger partial charge in [0.25, 0.3) is 5.91 Å². The molecule has 0 saturated heterocycles. The lowest BCUT2D eigenvalue weighted by molar-refractivity contribution is -0.121. The van der Waals surface area contributed by atoms with Crippen LogP contribution in [-0.4, -0.2) is 61.0 Å². The minimum absolute atomic E-state index is 0.136. The summed E-state index contributed by atoms with van der Waals surface area (Å²) in [5.41, 5.74) is 3.73. The number of benzene rings is 2. The monoisotopic (exact) mass is 689 g/mol. The minimum atomic E-state index is -3.73. The van der Waals surface area contributed by atoms with Crippen LogP contribution in [0.1, 0.15) is 80.9 Å². The normalized spacial score (nSPS) is 18.1. The number of nitrogens with zero attached hydrogens (tertiary/aromatic N) is 3. The van der Waals surface area contributed by atoms with Crippen LogP contribution in [0.4, 0.5) is 5.69 Å². The molecule has 2 heterocycles. The van der Waals surface area contributed by atoms with E-state index >= 15 is 0 Å². The predicted octanol–water partition coefficient (Wildman–Crippen LogP) is 6.21. The van der Waals surface area contributed by atoms with Crippen LogP contribution < -0.4 is 14.2 Å². The summed E-state index contributed by atoms with van der Waals surface area (Å²) in [6.45, 7) is 17.7. The molecule has 49 heavy (non-hydrogen) atoms. The Morgan fingerprint density at radius 2 is 1.76 bits per heavy atom. The first-order valence-electron chi connectivity index (χ1n) is 16.2. The first kappa shape index (κ1) is 35.5. The number of amides is 1. The van der Waals surface area contributed by atoms with Crippen LogP contribution in [0.5, 0.6) is 11.5 Å². The molecule has 12 nitrogen and oxygen atoms in total. The number of carbonyl (C=O) groups is 2. The topological polar surface area (TPSA) is 145 Å². The lowest BCUT2D eigenvalue weighted by atomic mass is 9.80. The Hall–Kier alpha value is -4.83. The molecule has 1 aliphatic rings. The third-order valence-electron chi connectivity index (χ3n) is 8.93. The third kappa shape index (κ3) is 8.08. The number of nitrogens with one attached hydrogen (secondary N) is 2. The molecule has 2 aromatic heterocycles. The Morgan fingerprint density at radius 1 is 1.08 bits per heavy atom. The van der Waals surface area contributed by atoms with Gasteiger partial charge < -0.3 is 14.2 Å². The highest BCUT2D eigenvalue weighted by atomic mass is 32.2. The number of aromatic amines is 1. The fourth-order valence-corrected chi connectivity index (χ4v) is 6.84. The molecular formula is C36H43N5O7S. The van der Waals surface area contributed by atoms with Gasteiger partial charge in [-0.3, -0.25) is 19.1 Å². The number of sulfonamides is 1. The zero-order chi connectivity index (χ0) is 35.7. The number of H-pyrrole nitrogens is 1. The maximum absolute atomic E-state index is 13.5. The van der Waals surface area contributed by atoms with E-state index in [1.807, 2.05) is 35.1 Å². The summed E-state index contributed by atoms with van der Waals surface area (Å²) in [4.78, 5) is 34.1. The van der Waals surface area contributed by atoms with Gasteiger partial charge in [-0.25, -0.2) is 23.0 Å². The molecule has 2 aromatic carbocycles. The number of aromatic nitrogens is 3. The Labute approximate surface area is 287 Å². The fourth-order valence-electron chi connectivity index (χ4n) is 6.37. The van der Waals surface area contributed by atoms with Crippen molar-refractivity contribution in [3.8, 4) is 22.9 Å². The maximum Gasteiger partial charge on any atom is 0.331 e. The molecule has 4 aromatic rings. The van der Waals surface area contributed by atoms with Crippen LogP contribution in [0.15, 0.2) is 42.6 Å². The molecule has 0 bridgehead atoms. The van der Waals surface area contributed by atoms with Crippen molar-refractivity contribution in [3.05, 3.63) is 76.3 Å². The van der Waals surface area contributed by atoms with E-state index < -0.39 is 28.5 Å². The average molecular weight is 690 g/mol. The summed E-state index contributed by atoms with van der Waals surface area (Å²) in [6.07, 6.45) is 5.66. The van der Waals surface area contributed by atoms with E-state index in [-0.39, 0.29) is 34.6 Å². The average Bonchev–Trinajstić information content (AvgIpc) is 3.59. The second-order valence-electron chi connectivity index (χ2n) is 13.9. The molecule has 2 atom stereocenters. The number of carbonyl (C=O) groups excluding carboxylic acids is 2. The van der Waals surface area contributed by atoms with Gasteiger partial charge in [0.05, 0.1) is 19.9 Å². The molecular weight excluding hydrogens is 646 g/mol. The summed E-state index contributed by atoms with van der Waals surface area (Å²) >= 11 is 0. The van der Waals surface area contributed by atoms with Crippen molar-refractivity contribution in [2.24, 2.45) is 11.8 Å². The van der Waals surface area contributed by atoms with Crippen LogP contribution >= 0.6 is 0 Å². The highest BCUT2D eigenvalue weighted by molar-refractivity contribution is 7.89. The first-order valence-corrected chi connectivity index (χ1v) is 18.1. The van der Waals surface area contributed by atoms with Crippen molar-refractivity contribution < 1.29 is 32.2 Å². The van der Waals surface area contributed by atoms with Crippen molar-refractivity contribution in [2.45, 2.75) is 71.8 Å². The first-order chi connectivity index (χ1) is 23.1. The van der Waals surface area contributed by atoms with Gasteiger partial charge in [0, 0.05) is 18.2 Å². The number of fused-ring (bicyclic) bond motifs is 1. The minimum Gasteiger partial charge on any atom is -0.496 e. The smallest absolute Gasteiger partial charge is 0.331 e. The molecule has 260 valence electrons. The second kappa shape index (κ2) is 14.0.